The SMILES string of the molecule is COc1ccccc1CCCNC(=O)C(C)Oc1cccc2c1CCCC2. The third-order valence-corrected chi connectivity index (χ3v) is 5.14. The quantitative estimate of drug-likeness (QED) is 0.715. The van der Waals surface area contributed by atoms with Crippen LogP contribution in [0.25, 0.3) is 0 Å². The van der Waals surface area contributed by atoms with Crippen molar-refractivity contribution in [3.8, 4) is 11.5 Å². The van der Waals surface area contributed by atoms with E-state index < -0.39 is 6.10 Å². The van der Waals surface area contributed by atoms with E-state index in [1.165, 1.54) is 24.0 Å². The molecule has 1 atom stereocenters. The highest BCUT2D eigenvalue weighted by atomic mass is 16.5. The summed E-state index contributed by atoms with van der Waals surface area (Å²) in [5, 5.41) is 2.99. The normalized spacial score (nSPS) is 14.1. The molecule has 0 fully saturated rings. The first-order valence-corrected chi connectivity index (χ1v) is 9.86. The predicted molar refractivity (Wildman–Crippen MR) is 107 cm³/mol. The maximum atomic E-state index is 12.4. The molecule has 0 spiro atoms. The van der Waals surface area contributed by atoms with Crippen LogP contribution in [0.15, 0.2) is 42.5 Å². The van der Waals surface area contributed by atoms with Gasteiger partial charge in [-0.3, -0.25) is 4.79 Å². The van der Waals surface area contributed by atoms with Gasteiger partial charge in [0.2, 0.25) is 0 Å². The van der Waals surface area contributed by atoms with Crippen molar-refractivity contribution in [1.29, 1.82) is 0 Å². The second kappa shape index (κ2) is 9.45. The Bertz CT molecular complexity index is 772. The van der Waals surface area contributed by atoms with E-state index in [0.717, 1.165) is 42.7 Å². The molecule has 0 radical (unpaired) electrons. The second-order valence-electron chi connectivity index (χ2n) is 7.07. The third kappa shape index (κ3) is 5.03. The van der Waals surface area contributed by atoms with Crippen LogP contribution in [0.2, 0.25) is 0 Å². The molecule has 3 rings (SSSR count). The number of hydrogen-bond donors (Lipinski definition) is 1. The summed E-state index contributed by atoms with van der Waals surface area (Å²) < 4.78 is 11.4. The first kappa shape index (κ1) is 19.3. The summed E-state index contributed by atoms with van der Waals surface area (Å²) in [7, 11) is 1.68. The number of benzene rings is 2. The molecule has 1 aliphatic carbocycles. The monoisotopic (exact) mass is 367 g/mol. The van der Waals surface area contributed by atoms with Crippen LogP contribution in [0.3, 0.4) is 0 Å². The fourth-order valence-corrected chi connectivity index (χ4v) is 3.64. The summed E-state index contributed by atoms with van der Waals surface area (Å²) in [6, 6.07) is 14.2. The van der Waals surface area contributed by atoms with Gasteiger partial charge in [-0.15, -0.1) is 0 Å². The van der Waals surface area contributed by atoms with E-state index in [-0.39, 0.29) is 5.91 Å². The molecule has 2 aromatic rings. The molecule has 0 saturated heterocycles. The van der Waals surface area contributed by atoms with Crippen molar-refractivity contribution < 1.29 is 14.3 Å². The van der Waals surface area contributed by atoms with Gasteiger partial charge < -0.3 is 14.8 Å². The standard InChI is InChI=1S/C23H29NO3/c1-17(27-22-15-7-11-18-9-3-5-13-20(18)22)23(25)24-16-8-12-19-10-4-6-14-21(19)26-2/h4,6-7,10-11,14-15,17H,3,5,8-9,12-13,16H2,1-2H3,(H,24,25). The van der Waals surface area contributed by atoms with E-state index in [0.29, 0.717) is 6.54 Å². The van der Waals surface area contributed by atoms with Crippen LogP contribution in [0.5, 0.6) is 11.5 Å². The van der Waals surface area contributed by atoms with Crippen molar-refractivity contribution in [1.82, 2.24) is 5.32 Å². The Morgan fingerprint density at radius 1 is 1.07 bits per heavy atom. The molecule has 2 aromatic carbocycles. The largest absolute Gasteiger partial charge is 0.496 e. The molecular formula is C23H29NO3. The molecule has 0 aliphatic heterocycles. The number of para-hydroxylation sites is 1. The van der Waals surface area contributed by atoms with Crippen LogP contribution in [0.4, 0.5) is 0 Å². The predicted octanol–water partition coefficient (Wildman–Crippen LogP) is 4.09. The summed E-state index contributed by atoms with van der Waals surface area (Å²) in [5.41, 5.74) is 3.80. The van der Waals surface area contributed by atoms with Crippen LogP contribution in [0, 0.1) is 0 Å². The topological polar surface area (TPSA) is 47.6 Å². The van der Waals surface area contributed by atoms with Crippen molar-refractivity contribution in [3.05, 3.63) is 59.2 Å². The van der Waals surface area contributed by atoms with E-state index in [1.807, 2.05) is 37.3 Å². The number of ether oxygens (including phenoxy) is 2. The van der Waals surface area contributed by atoms with Gasteiger partial charge in [0.25, 0.3) is 5.91 Å². The fraction of sp³-hybridized carbons (Fsp3) is 0.435. The van der Waals surface area contributed by atoms with E-state index in [1.54, 1.807) is 7.11 Å². The van der Waals surface area contributed by atoms with Crippen LogP contribution in [-0.2, 0) is 24.1 Å². The summed E-state index contributed by atoms with van der Waals surface area (Å²) in [6.07, 6.45) is 5.81. The van der Waals surface area contributed by atoms with E-state index in [9.17, 15) is 4.79 Å². The van der Waals surface area contributed by atoms with E-state index in [2.05, 4.69) is 17.4 Å². The van der Waals surface area contributed by atoms with Gasteiger partial charge in [0, 0.05) is 6.54 Å². The fourth-order valence-electron chi connectivity index (χ4n) is 3.64. The number of fused-ring (bicyclic) bond motifs is 1. The molecule has 1 amide bonds. The molecular weight excluding hydrogens is 338 g/mol. The zero-order chi connectivity index (χ0) is 19.1. The summed E-state index contributed by atoms with van der Waals surface area (Å²) >= 11 is 0. The summed E-state index contributed by atoms with van der Waals surface area (Å²) in [6.45, 7) is 2.44. The number of aryl methyl sites for hydroxylation is 2. The first-order valence-electron chi connectivity index (χ1n) is 9.86. The molecule has 1 unspecified atom stereocenters. The van der Waals surface area contributed by atoms with Crippen molar-refractivity contribution in [2.45, 2.75) is 51.6 Å². The minimum atomic E-state index is -0.496. The molecule has 1 aliphatic rings. The number of methoxy groups -OCH3 is 1. The number of carbonyl (C=O) groups is 1. The van der Waals surface area contributed by atoms with Gasteiger partial charge in [-0.2, -0.15) is 0 Å². The highest BCUT2D eigenvalue weighted by Crippen LogP contribution is 2.30. The number of amides is 1. The molecule has 1 N–H and O–H groups in total. The highest BCUT2D eigenvalue weighted by molar-refractivity contribution is 5.80. The lowest BCUT2D eigenvalue weighted by Crippen LogP contribution is -2.37. The lowest BCUT2D eigenvalue weighted by Gasteiger charge is -2.22. The second-order valence-corrected chi connectivity index (χ2v) is 7.07. The molecule has 4 nitrogen and oxygen atoms in total. The van der Waals surface area contributed by atoms with Crippen LogP contribution in [0.1, 0.15) is 42.9 Å². The van der Waals surface area contributed by atoms with Gasteiger partial charge in [0.05, 0.1) is 7.11 Å². The average Bonchev–Trinajstić information content (AvgIpc) is 2.71. The smallest absolute Gasteiger partial charge is 0.260 e. The molecule has 0 saturated carbocycles. The Hall–Kier alpha value is -2.49. The van der Waals surface area contributed by atoms with Gasteiger partial charge >= 0.3 is 0 Å². The minimum Gasteiger partial charge on any atom is -0.496 e. The minimum absolute atomic E-state index is 0.0663. The Labute approximate surface area is 161 Å². The van der Waals surface area contributed by atoms with Gasteiger partial charge in [-0.05, 0) is 74.3 Å². The zero-order valence-corrected chi connectivity index (χ0v) is 16.3. The Morgan fingerprint density at radius 2 is 1.85 bits per heavy atom. The molecule has 144 valence electrons. The van der Waals surface area contributed by atoms with Crippen molar-refractivity contribution in [2.24, 2.45) is 0 Å². The number of hydrogen-bond acceptors (Lipinski definition) is 3. The van der Waals surface area contributed by atoms with Crippen LogP contribution >= 0.6 is 0 Å². The number of nitrogens with one attached hydrogen (secondary N) is 1. The summed E-state index contributed by atoms with van der Waals surface area (Å²) in [4.78, 5) is 12.4. The Kier molecular flexibility index (Phi) is 6.74. The zero-order valence-electron chi connectivity index (χ0n) is 16.3. The Morgan fingerprint density at radius 3 is 2.70 bits per heavy atom. The third-order valence-electron chi connectivity index (χ3n) is 5.14. The van der Waals surface area contributed by atoms with Gasteiger partial charge in [0.15, 0.2) is 6.10 Å². The average molecular weight is 367 g/mol. The van der Waals surface area contributed by atoms with Crippen molar-refractivity contribution in [3.63, 3.8) is 0 Å². The first-order chi connectivity index (χ1) is 13.2. The maximum absolute atomic E-state index is 12.4. The highest BCUT2D eigenvalue weighted by Gasteiger charge is 2.19. The van der Waals surface area contributed by atoms with Gasteiger partial charge in [0.1, 0.15) is 11.5 Å². The molecule has 0 heterocycles. The van der Waals surface area contributed by atoms with Gasteiger partial charge in [-0.25, -0.2) is 0 Å². The Balaban J connectivity index is 1.47. The number of rotatable bonds is 8. The maximum Gasteiger partial charge on any atom is 0.260 e. The molecule has 27 heavy (non-hydrogen) atoms. The lowest BCUT2D eigenvalue weighted by molar-refractivity contribution is -0.127. The molecule has 0 bridgehead atoms. The lowest BCUT2D eigenvalue weighted by atomic mass is 9.91. The van der Waals surface area contributed by atoms with Crippen LogP contribution in [-0.4, -0.2) is 25.7 Å². The van der Waals surface area contributed by atoms with E-state index in [4.69, 9.17) is 9.47 Å². The summed E-state index contributed by atoms with van der Waals surface area (Å²) in [5.74, 6) is 1.70. The van der Waals surface area contributed by atoms with Gasteiger partial charge in [-0.1, -0.05) is 30.3 Å². The molecule has 4 heteroatoms. The van der Waals surface area contributed by atoms with Crippen LogP contribution < -0.4 is 14.8 Å². The number of carbonyl (C=O) groups excluding carboxylic acids is 1. The van der Waals surface area contributed by atoms with Crippen molar-refractivity contribution in [2.75, 3.05) is 13.7 Å². The van der Waals surface area contributed by atoms with E-state index >= 15 is 0 Å². The molecule has 0 aromatic heterocycles. The van der Waals surface area contributed by atoms with Crippen molar-refractivity contribution >= 4 is 5.91 Å².